The van der Waals surface area contributed by atoms with Crippen LogP contribution in [0.4, 0.5) is 0 Å². The third-order valence-corrected chi connectivity index (χ3v) is 2.81. The number of hydrogen-bond acceptors (Lipinski definition) is 5. The van der Waals surface area contributed by atoms with Crippen molar-refractivity contribution in [2.24, 2.45) is 0 Å². The Morgan fingerprint density at radius 1 is 1.25 bits per heavy atom. The minimum atomic E-state index is 0.266. The molecule has 0 unspecified atom stereocenters. The van der Waals surface area contributed by atoms with Crippen LogP contribution in [-0.4, -0.2) is 25.2 Å². The zero-order valence-corrected chi connectivity index (χ0v) is 11.9. The van der Waals surface area contributed by atoms with E-state index in [9.17, 15) is 0 Å². The van der Waals surface area contributed by atoms with Crippen LogP contribution in [0, 0.1) is 0 Å². The van der Waals surface area contributed by atoms with Crippen LogP contribution in [0.25, 0.3) is 0 Å². The second-order valence-electron chi connectivity index (χ2n) is 4.37. The fourth-order valence-corrected chi connectivity index (χ4v) is 1.71. The number of nitrogens with one attached hydrogen (secondary N) is 1. The Labute approximate surface area is 118 Å². The molecule has 2 rings (SSSR count). The van der Waals surface area contributed by atoms with Crippen LogP contribution < -0.4 is 10.1 Å². The minimum absolute atomic E-state index is 0.266. The molecule has 5 nitrogen and oxygen atoms in total. The number of oxazole rings is 1. The molecule has 20 heavy (non-hydrogen) atoms. The number of nitrogens with zero attached hydrogens (tertiary/aromatic N) is 1. The molecule has 0 aliphatic rings. The SMILES string of the molecule is CCNCc1coc(Oc2ccc(CCOC)cc2)n1. The maximum absolute atomic E-state index is 5.56. The van der Waals surface area contributed by atoms with Crippen molar-refractivity contribution in [1.29, 1.82) is 0 Å². The van der Waals surface area contributed by atoms with E-state index >= 15 is 0 Å². The maximum atomic E-state index is 5.56. The van der Waals surface area contributed by atoms with Crippen LogP contribution in [0.3, 0.4) is 0 Å². The van der Waals surface area contributed by atoms with Crippen molar-refractivity contribution in [2.75, 3.05) is 20.3 Å². The minimum Gasteiger partial charge on any atom is -0.417 e. The molecule has 0 saturated carbocycles. The van der Waals surface area contributed by atoms with E-state index in [1.54, 1.807) is 13.4 Å². The molecule has 0 aliphatic carbocycles. The van der Waals surface area contributed by atoms with Crippen LogP contribution in [0.5, 0.6) is 11.8 Å². The highest BCUT2D eigenvalue weighted by Crippen LogP contribution is 2.21. The van der Waals surface area contributed by atoms with E-state index in [4.69, 9.17) is 13.9 Å². The van der Waals surface area contributed by atoms with Gasteiger partial charge in [-0.25, -0.2) is 0 Å². The Hall–Kier alpha value is -1.85. The van der Waals surface area contributed by atoms with Gasteiger partial charge in [-0.2, -0.15) is 4.98 Å². The van der Waals surface area contributed by atoms with E-state index in [2.05, 4.69) is 10.3 Å². The highest BCUT2D eigenvalue weighted by molar-refractivity contribution is 5.29. The summed E-state index contributed by atoms with van der Waals surface area (Å²) in [5.41, 5.74) is 2.04. The molecular weight excluding hydrogens is 256 g/mol. The van der Waals surface area contributed by atoms with Crippen molar-refractivity contribution >= 4 is 0 Å². The van der Waals surface area contributed by atoms with Gasteiger partial charge in [-0.05, 0) is 30.7 Å². The van der Waals surface area contributed by atoms with E-state index in [0.29, 0.717) is 18.9 Å². The number of benzene rings is 1. The fourth-order valence-electron chi connectivity index (χ4n) is 1.71. The molecule has 1 aromatic heterocycles. The van der Waals surface area contributed by atoms with Crippen molar-refractivity contribution in [1.82, 2.24) is 10.3 Å². The smallest absolute Gasteiger partial charge is 0.399 e. The lowest BCUT2D eigenvalue weighted by atomic mass is 10.1. The van der Waals surface area contributed by atoms with Gasteiger partial charge in [0.2, 0.25) is 0 Å². The summed E-state index contributed by atoms with van der Waals surface area (Å²) < 4.78 is 15.9. The molecule has 0 saturated heterocycles. The molecule has 0 atom stereocenters. The van der Waals surface area contributed by atoms with E-state index in [-0.39, 0.29) is 6.08 Å². The van der Waals surface area contributed by atoms with Crippen LogP contribution >= 0.6 is 0 Å². The van der Waals surface area contributed by atoms with Gasteiger partial charge in [0.1, 0.15) is 12.0 Å². The van der Waals surface area contributed by atoms with Crippen LogP contribution in [0.2, 0.25) is 0 Å². The molecule has 1 aromatic carbocycles. The highest BCUT2D eigenvalue weighted by atomic mass is 16.6. The molecule has 0 amide bonds. The van der Waals surface area contributed by atoms with Gasteiger partial charge in [0, 0.05) is 13.7 Å². The van der Waals surface area contributed by atoms with Gasteiger partial charge in [-0.15, -0.1) is 0 Å². The van der Waals surface area contributed by atoms with Gasteiger partial charge in [-0.3, -0.25) is 0 Å². The summed E-state index contributed by atoms with van der Waals surface area (Å²) in [6.45, 7) is 4.33. The zero-order chi connectivity index (χ0) is 14.2. The van der Waals surface area contributed by atoms with Crippen LogP contribution in [0.15, 0.2) is 34.9 Å². The molecule has 5 heteroatoms. The van der Waals surface area contributed by atoms with Gasteiger partial charge in [-0.1, -0.05) is 19.1 Å². The monoisotopic (exact) mass is 276 g/mol. The molecule has 2 aromatic rings. The normalized spacial score (nSPS) is 10.7. The summed E-state index contributed by atoms with van der Waals surface area (Å²) in [6.07, 6.45) is 2.76. The maximum Gasteiger partial charge on any atom is 0.399 e. The molecular formula is C15H20N2O3. The molecule has 0 aliphatic heterocycles. The Balaban J connectivity index is 1.90. The summed E-state index contributed by atoms with van der Waals surface area (Å²) in [7, 11) is 1.70. The number of aromatic nitrogens is 1. The lowest BCUT2D eigenvalue weighted by Gasteiger charge is -2.03. The van der Waals surface area contributed by atoms with E-state index in [1.807, 2.05) is 31.2 Å². The quantitative estimate of drug-likeness (QED) is 0.803. The van der Waals surface area contributed by atoms with E-state index in [1.165, 1.54) is 5.56 Å². The second-order valence-corrected chi connectivity index (χ2v) is 4.37. The summed E-state index contributed by atoms with van der Waals surface area (Å²) in [4.78, 5) is 4.24. The van der Waals surface area contributed by atoms with Crippen molar-refractivity contribution in [3.8, 4) is 11.8 Å². The van der Waals surface area contributed by atoms with Crippen molar-refractivity contribution in [2.45, 2.75) is 19.9 Å². The second kappa shape index (κ2) is 7.67. The highest BCUT2D eigenvalue weighted by Gasteiger charge is 2.06. The van der Waals surface area contributed by atoms with Crippen molar-refractivity contribution < 1.29 is 13.9 Å². The molecule has 0 spiro atoms. The van der Waals surface area contributed by atoms with Gasteiger partial charge >= 0.3 is 6.08 Å². The first-order chi connectivity index (χ1) is 9.81. The summed E-state index contributed by atoms with van der Waals surface area (Å²) in [5.74, 6) is 0.711. The lowest BCUT2D eigenvalue weighted by molar-refractivity contribution is 0.202. The first kappa shape index (κ1) is 14.6. The molecule has 1 N–H and O–H groups in total. The average Bonchev–Trinajstić information content (AvgIpc) is 2.92. The first-order valence-electron chi connectivity index (χ1n) is 6.72. The van der Waals surface area contributed by atoms with E-state index in [0.717, 1.165) is 18.7 Å². The summed E-state index contributed by atoms with van der Waals surface area (Å²) in [5, 5.41) is 3.18. The van der Waals surface area contributed by atoms with Gasteiger partial charge in [0.25, 0.3) is 0 Å². The predicted octanol–water partition coefficient (Wildman–Crippen LogP) is 2.77. The standard InChI is InChI=1S/C15H20N2O3/c1-3-16-10-13-11-19-15(17-13)20-14-6-4-12(5-7-14)8-9-18-2/h4-7,11,16H,3,8-10H2,1-2H3. The number of ether oxygens (including phenoxy) is 2. The molecule has 0 radical (unpaired) electrons. The lowest BCUT2D eigenvalue weighted by Crippen LogP contribution is -2.11. The summed E-state index contributed by atoms with van der Waals surface area (Å²) >= 11 is 0. The third kappa shape index (κ3) is 4.36. The largest absolute Gasteiger partial charge is 0.417 e. The molecule has 0 fully saturated rings. The zero-order valence-electron chi connectivity index (χ0n) is 11.9. The Kier molecular flexibility index (Phi) is 5.58. The van der Waals surface area contributed by atoms with E-state index < -0.39 is 0 Å². The first-order valence-corrected chi connectivity index (χ1v) is 6.72. The van der Waals surface area contributed by atoms with Gasteiger partial charge in [0.05, 0.1) is 12.3 Å². The Bertz CT molecular complexity index is 508. The average molecular weight is 276 g/mol. The van der Waals surface area contributed by atoms with Crippen molar-refractivity contribution in [3.63, 3.8) is 0 Å². The van der Waals surface area contributed by atoms with Gasteiger partial charge < -0.3 is 19.2 Å². The third-order valence-electron chi connectivity index (χ3n) is 2.81. The topological polar surface area (TPSA) is 56.5 Å². The molecule has 108 valence electrons. The van der Waals surface area contributed by atoms with Crippen LogP contribution in [0.1, 0.15) is 18.2 Å². The Morgan fingerprint density at radius 3 is 2.75 bits per heavy atom. The van der Waals surface area contributed by atoms with Crippen molar-refractivity contribution in [3.05, 3.63) is 41.8 Å². The molecule has 1 heterocycles. The number of rotatable bonds is 8. The fraction of sp³-hybridized carbons (Fsp3) is 0.400. The summed E-state index contributed by atoms with van der Waals surface area (Å²) in [6, 6.07) is 7.83. The predicted molar refractivity (Wildman–Crippen MR) is 76.0 cm³/mol. The van der Waals surface area contributed by atoms with Crippen LogP contribution in [-0.2, 0) is 17.7 Å². The number of methoxy groups -OCH3 is 1. The molecule has 0 bridgehead atoms. The van der Waals surface area contributed by atoms with Gasteiger partial charge in [0.15, 0.2) is 0 Å². The Morgan fingerprint density at radius 2 is 2.05 bits per heavy atom. The number of hydrogen-bond donors (Lipinski definition) is 1.